The second-order valence-corrected chi connectivity index (χ2v) is 9.30. The van der Waals surface area contributed by atoms with Crippen molar-refractivity contribution in [3.05, 3.63) is 47.8 Å². The molecule has 0 aliphatic carbocycles. The molecule has 1 aromatic heterocycles. The molecule has 164 valence electrons. The van der Waals surface area contributed by atoms with Crippen LogP contribution in [0.25, 0.3) is 0 Å². The van der Waals surface area contributed by atoms with Gasteiger partial charge >= 0.3 is 0 Å². The molecule has 0 spiro atoms. The molecule has 30 heavy (non-hydrogen) atoms. The van der Waals surface area contributed by atoms with Crippen molar-refractivity contribution >= 4 is 27.5 Å². The summed E-state index contributed by atoms with van der Waals surface area (Å²) in [5, 5.41) is 5.56. The second kappa shape index (κ2) is 9.90. The van der Waals surface area contributed by atoms with Gasteiger partial charge in [0.1, 0.15) is 10.6 Å². The van der Waals surface area contributed by atoms with Gasteiger partial charge in [-0.1, -0.05) is 39.8 Å². The molecule has 2 rings (SSSR count). The van der Waals surface area contributed by atoms with Crippen LogP contribution in [0.4, 0.5) is 5.69 Å². The number of amides is 2. The Labute approximate surface area is 178 Å². The van der Waals surface area contributed by atoms with Crippen LogP contribution in [0.3, 0.4) is 0 Å². The van der Waals surface area contributed by atoms with E-state index in [9.17, 15) is 18.0 Å². The number of benzene rings is 1. The van der Waals surface area contributed by atoms with Crippen LogP contribution in [0.2, 0.25) is 0 Å². The van der Waals surface area contributed by atoms with Crippen LogP contribution in [0.5, 0.6) is 0 Å². The first-order valence-corrected chi connectivity index (χ1v) is 11.4. The third kappa shape index (κ3) is 5.28. The number of carbonyl (C=O) groups is 2. The van der Waals surface area contributed by atoms with E-state index in [1.807, 2.05) is 13.8 Å². The molecule has 0 unspecified atom stereocenters. The van der Waals surface area contributed by atoms with Crippen LogP contribution in [-0.4, -0.2) is 48.7 Å². The quantitative estimate of drug-likeness (QED) is 0.634. The fourth-order valence-electron chi connectivity index (χ4n) is 2.98. The van der Waals surface area contributed by atoms with E-state index < -0.39 is 15.9 Å². The predicted molar refractivity (Wildman–Crippen MR) is 117 cm³/mol. The first kappa shape index (κ1) is 23.6. The van der Waals surface area contributed by atoms with Crippen molar-refractivity contribution in [2.75, 3.05) is 25.0 Å². The lowest BCUT2D eigenvalue weighted by Crippen LogP contribution is -2.30. The summed E-state index contributed by atoms with van der Waals surface area (Å²) in [4.78, 5) is 25.4. The van der Waals surface area contributed by atoms with Gasteiger partial charge in [0, 0.05) is 32.9 Å². The summed E-state index contributed by atoms with van der Waals surface area (Å²) in [5.41, 5.74) is 0.882. The molecule has 0 bridgehead atoms. The molecule has 0 atom stereocenters. The molecule has 0 radical (unpaired) electrons. The fourth-order valence-corrected chi connectivity index (χ4v) is 4.51. The van der Waals surface area contributed by atoms with Crippen LogP contribution in [-0.2, 0) is 17.1 Å². The number of anilines is 1. The monoisotopic (exact) mass is 434 g/mol. The number of sulfonamides is 1. The van der Waals surface area contributed by atoms with Crippen molar-refractivity contribution in [2.45, 2.75) is 32.6 Å². The standard InChI is InChI=1S/C21H30N4O4S/c1-6-25(7-2)30(28,29)16-12-19(24(5)14-16)21(27)23-18-11-9-8-10-17(18)20(26)22-13-15(3)4/h8-12,14-15H,6-7,13H2,1-5H3,(H,22,26)(H,23,27). The molecule has 9 heteroatoms. The molecule has 0 fully saturated rings. The van der Waals surface area contributed by atoms with Gasteiger partial charge in [0.05, 0.1) is 11.3 Å². The highest BCUT2D eigenvalue weighted by Crippen LogP contribution is 2.21. The average Bonchev–Trinajstić information content (AvgIpc) is 3.10. The number of aromatic nitrogens is 1. The molecule has 1 aromatic carbocycles. The number of nitrogens with one attached hydrogen (secondary N) is 2. The van der Waals surface area contributed by atoms with Crippen LogP contribution in [0, 0.1) is 5.92 Å². The Morgan fingerprint density at radius 2 is 1.73 bits per heavy atom. The molecule has 0 aliphatic rings. The van der Waals surface area contributed by atoms with E-state index in [0.717, 1.165) is 0 Å². The molecule has 0 saturated heterocycles. The average molecular weight is 435 g/mol. The maximum absolute atomic E-state index is 12.9. The van der Waals surface area contributed by atoms with Gasteiger partial charge in [0.2, 0.25) is 10.0 Å². The van der Waals surface area contributed by atoms with E-state index in [2.05, 4.69) is 10.6 Å². The summed E-state index contributed by atoms with van der Waals surface area (Å²) in [5.74, 6) is -0.482. The van der Waals surface area contributed by atoms with E-state index in [0.29, 0.717) is 36.8 Å². The molecule has 1 heterocycles. The van der Waals surface area contributed by atoms with Gasteiger partial charge in [0.15, 0.2) is 0 Å². The van der Waals surface area contributed by atoms with Crippen molar-refractivity contribution in [2.24, 2.45) is 13.0 Å². The Hall–Kier alpha value is -2.65. The topological polar surface area (TPSA) is 101 Å². The van der Waals surface area contributed by atoms with Crippen LogP contribution < -0.4 is 10.6 Å². The third-order valence-electron chi connectivity index (χ3n) is 4.65. The SMILES string of the molecule is CCN(CC)S(=O)(=O)c1cc(C(=O)Nc2ccccc2C(=O)NCC(C)C)n(C)c1. The molecule has 2 aromatic rings. The lowest BCUT2D eigenvalue weighted by Gasteiger charge is -2.17. The molecule has 8 nitrogen and oxygen atoms in total. The zero-order chi connectivity index (χ0) is 22.5. The van der Waals surface area contributed by atoms with Gasteiger partial charge in [-0.15, -0.1) is 0 Å². The number of hydrogen-bond donors (Lipinski definition) is 2. The summed E-state index contributed by atoms with van der Waals surface area (Å²) in [6.45, 7) is 8.71. The summed E-state index contributed by atoms with van der Waals surface area (Å²) in [6.07, 6.45) is 1.42. The summed E-state index contributed by atoms with van der Waals surface area (Å²) < 4.78 is 28.3. The fraction of sp³-hybridized carbons (Fsp3) is 0.429. The van der Waals surface area contributed by atoms with Crippen molar-refractivity contribution in [3.63, 3.8) is 0 Å². The van der Waals surface area contributed by atoms with E-state index in [1.165, 1.54) is 21.1 Å². The van der Waals surface area contributed by atoms with Gasteiger partial charge in [0.25, 0.3) is 11.8 Å². The number of para-hydroxylation sites is 1. The van der Waals surface area contributed by atoms with Crippen LogP contribution >= 0.6 is 0 Å². The van der Waals surface area contributed by atoms with Crippen LogP contribution in [0.15, 0.2) is 41.4 Å². The molecule has 0 saturated carbocycles. The number of rotatable bonds is 9. The highest BCUT2D eigenvalue weighted by molar-refractivity contribution is 7.89. The van der Waals surface area contributed by atoms with E-state index >= 15 is 0 Å². The Morgan fingerprint density at radius 3 is 2.33 bits per heavy atom. The van der Waals surface area contributed by atoms with Crippen molar-refractivity contribution in [1.82, 2.24) is 14.2 Å². The lowest BCUT2D eigenvalue weighted by molar-refractivity contribution is 0.0950. The zero-order valence-corrected chi connectivity index (χ0v) is 18.9. The van der Waals surface area contributed by atoms with E-state index in [4.69, 9.17) is 0 Å². The largest absolute Gasteiger partial charge is 0.352 e. The van der Waals surface area contributed by atoms with Gasteiger partial charge in [-0.25, -0.2) is 8.42 Å². The summed E-state index contributed by atoms with van der Waals surface area (Å²) in [7, 11) is -2.07. The maximum Gasteiger partial charge on any atom is 0.272 e. The smallest absolute Gasteiger partial charge is 0.272 e. The summed E-state index contributed by atoms with van der Waals surface area (Å²) in [6, 6.07) is 8.06. The van der Waals surface area contributed by atoms with Crippen molar-refractivity contribution in [1.29, 1.82) is 0 Å². The highest BCUT2D eigenvalue weighted by atomic mass is 32.2. The van der Waals surface area contributed by atoms with Crippen LogP contribution in [0.1, 0.15) is 48.5 Å². The Morgan fingerprint density at radius 1 is 1.10 bits per heavy atom. The number of carbonyl (C=O) groups excluding carboxylic acids is 2. The third-order valence-corrected chi connectivity index (χ3v) is 6.66. The van der Waals surface area contributed by atoms with Crippen molar-refractivity contribution in [3.8, 4) is 0 Å². The number of hydrogen-bond acceptors (Lipinski definition) is 4. The summed E-state index contributed by atoms with van der Waals surface area (Å²) >= 11 is 0. The first-order chi connectivity index (χ1) is 14.1. The van der Waals surface area contributed by atoms with Gasteiger partial charge < -0.3 is 15.2 Å². The molecule has 2 N–H and O–H groups in total. The highest BCUT2D eigenvalue weighted by Gasteiger charge is 2.25. The minimum absolute atomic E-state index is 0.0572. The Balaban J connectivity index is 2.28. The predicted octanol–water partition coefficient (Wildman–Crippen LogP) is 2.69. The van der Waals surface area contributed by atoms with Gasteiger partial charge in [-0.2, -0.15) is 4.31 Å². The van der Waals surface area contributed by atoms with Gasteiger partial charge in [-0.3, -0.25) is 9.59 Å². The van der Waals surface area contributed by atoms with Gasteiger partial charge in [-0.05, 0) is 24.1 Å². The minimum atomic E-state index is -3.68. The van der Waals surface area contributed by atoms with Crippen molar-refractivity contribution < 1.29 is 18.0 Å². The molecular formula is C21H30N4O4S. The minimum Gasteiger partial charge on any atom is -0.352 e. The van der Waals surface area contributed by atoms with E-state index in [1.54, 1.807) is 45.2 Å². The molecule has 2 amide bonds. The maximum atomic E-state index is 12.9. The Kier molecular flexibility index (Phi) is 7.80. The number of aryl methyl sites for hydroxylation is 1. The number of nitrogens with zero attached hydrogens (tertiary/aromatic N) is 2. The normalized spacial score (nSPS) is 11.7. The van der Waals surface area contributed by atoms with E-state index in [-0.39, 0.29) is 16.5 Å². The lowest BCUT2D eigenvalue weighted by atomic mass is 10.1. The zero-order valence-electron chi connectivity index (χ0n) is 18.1. The molecular weight excluding hydrogens is 404 g/mol. The second-order valence-electron chi connectivity index (χ2n) is 7.36. The molecule has 0 aliphatic heterocycles. The Bertz CT molecular complexity index is 1010. The first-order valence-electron chi connectivity index (χ1n) is 9.96.